The molecule has 3 aromatic rings. The first kappa shape index (κ1) is 59.7. The number of fused-ring (bicyclic) bond motifs is 1. The maximum absolute atomic E-state index is 15.3. The summed E-state index contributed by atoms with van der Waals surface area (Å²) in [6.45, 7) is 20.0. The summed E-state index contributed by atoms with van der Waals surface area (Å²) >= 11 is 0. The molecule has 9 atom stereocenters. The minimum atomic E-state index is -1.52. The molecule has 0 radical (unpaired) electrons. The van der Waals surface area contributed by atoms with E-state index in [4.69, 9.17) is 0 Å². The highest BCUT2D eigenvalue weighted by atomic mass is 16.8. The number of hydrogen-bond donors (Lipinski definition) is 8. The normalized spacial score (nSPS) is 23.5. The number of aromatic nitrogens is 1. The van der Waals surface area contributed by atoms with Gasteiger partial charge in [0.25, 0.3) is 0 Å². The van der Waals surface area contributed by atoms with Crippen molar-refractivity contribution in [2.75, 3.05) is 14.1 Å². The average molecular weight is 1030 g/mol. The molecular weight excluding hydrogens is 951 g/mol. The van der Waals surface area contributed by atoms with Gasteiger partial charge in [-0.3, -0.25) is 33.6 Å². The van der Waals surface area contributed by atoms with Crippen LogP contribution in [0.3, 0.4) is 0 Å². The van der Waals surface area contributed by atoms with Crippen LogP contribution in [0, 0.1) is 23.0 Å². The summed E-state index contributed by atoms with van der Waals surface area (Å²) in [7, 11) is 2.73. The fraction of sp³-hybridized carbons (Fsp3) is 0.519. The summed E-state index contributed by atoms with van der Waals surface area (Å²) in [6.07, 6.45) is 7.19. The molecular formula is C54H77N9O11. The zero-order valence-corrected chi connectivity index (χ0v) is 44.6. The van der Waals surface area contributed by atoms with Gasteiger partial charge in [-0.1, -0.05) is 77.1 Å². The van der Waals surface area contributed by atoms with Gasteiger partial charge in [0, 0.05) is 56.0 Å². The van der Waals surface area contributed by atoms with Gasteiger partial charge in [-0.15, -0.1) is 6.58 Å². The molecule has 1 unspecified atom stereocenters. The van der Waals surface area contributed by atoms with Crippen molar-refractivity contribution in [3.8, 4) is 5.75 Å². The molecule has 20 heteroatoms. The van der Waals surface area contributed by atoms with Crippen molar-refractivity contribution in [3.63, 3.8) is 0 Å². The average Bonchev–Trinajstić information content (AvgIpc) is 3.73. The lowest BCUT2D eigenvalue weighted by molar-refractivity contribution is -0.991. The van der Waals surface area contributed by atoms with E-state index in [1.165, 1.54) is 32.0 Å². The molecule has 1 aliphatic rings. The van der Waals surface area contributed by atoms with Crippen LogP contribution in [0.1, 0.15) is 99.1 Å². The van der Waals surface area contributed by atoms with Gasteiger partial charge < -0.3 is 56.1 Å². The highest BCUT2D eigenvalue weighted by Crippen LogP contribution is 2.30. The Balaban J connectivity index is 1.97. The first-order chi connectivity index (χ1) is 34.7. The van der Waals surface area contributed by atoms with Crippen molar-refractivity contribution in [3.05, 3.63) is 89.8 Å². The predicted octanol–water partition coefficient (Wildman–Crippen LogP) is 2.85. The number of hydrogen-bond acceptors (Lipinski definition) is 11. The number of phenols is 1. The smallest absolute Gasteiger partial charge is 0.245 e. The number of para-hydroxylation sites is 1. The summed E-state index contributed by atoms with van der Waals surface area (Å²) in [5.41, 5.74) is 0.648. The second-order valence-corrected chi connectivity index (χ2v) is 20.8. The van der Waals surface area contributed by atoms with Crippen LogP contribution >= 0.6 is 0 Å². The predicted molar refractivity (Wildman–Crippen MR) is 279 cm³/mol. The van der Waals surface area contributed by atoms with Crippen LogP contribution in [0.5, 0.6) is 5.75 Å². The van der Waals surface area contributed by atoms with E-state index in [0.717, 1.165) is 27.9 Å². The molecule has 8 N–H and O–H groups in total. The van der Waals surface area contributed by atoms with Gasteiger partial charge in [-0.05, 0) is 88.5 Å². The van der Waals surface area contributed by atoms with Gasteiger partial charge >= 0.3 is 0 Å². The molecule has 7 amide bonds. The molecule has 0 spiro atoms. The number of carbonyl (C=O) groups excluding carboxylic acids is 8. The number of aldehydes is 1. The molecule has 1 saturated heterocycles. The number of nitrogens with zero attached hydrogens (tertiary/aromatic N) is 3. The quantitative estimate of drug-likeness (QED) is 0.0447. The minimum Gasteiger partial charge on any atom is -0.595 e. The maximum atomic E-state index is 15.3. The number of allylic oxidation sites excluding steroid dienone is 2. The lowest BCUT2D eigenvalue weighted by Gasteiger charge is -2.33. The highest BCUT2D eigenvalue weighted by molar-refractivity contribution is 5.99. The number of nitrogens with one attached hydrogen (secondary N) is 6. The highest BCUT2D eigenvalue weighted by Gasteiger charge is 2.39. The number of benzene rings is 2. The molecule has 2 heterocycles. The molecule has 74 heavy (non-hydrogen) atoms. The summed E-state index contributed by atoms with van der Waals surface area (Å²) in [5.74, 6) is -7.08. The van der Waals surface area contributed by atoms with Crippen molar-refractivity contribution >= 4 is 64.2 Å². The van der Waals surface area contributed by atoms with E-state index in [2.05, 4.69) is 33.2 Å². The topological polar surface area (TPSA) is 276 Å². The summed E-state index contributed by atoms with van der Waals surface area (Å²) in [5, 5.41) is 45.4. The van der Waals surface area contributed by atoms with E-state index in [1.54, 1.807) is 32.1 Å². The Morgan fingerprint density at radius 2 is 1.30 bits per heavy atom. The molecule has 0 bridgehead atoms. The summed E-state index contributed by atoms with van der Waals surface area (Å²) < 4.78 is 2.01. The lowest BCUT2D eigenvalue weighted by Crippen LogP contribution is -2.99. The zero-order chi connectivity index (χ0) is 55.4. The van der Waals surface area contributed by atoms with E-state index in [9.17, 15) is 49.1 Å². The van der Waals surface area contributed by atoms with Gasteiger partial charge in [-0.25, -0.2) is 5.21 Å². The van der Waals surface area contributed by atoms with E-state index < -0.39 is 112 Å². The fourth-order valence-corrected chi connectivity index (χ4v) is 8.99. The van der Waals surface area contributed by atoms with Gasteiger partial charge in [-0.2, -0.15) is 5.23 Å². The van der Waals surface area contributed by atoms with Gasteiger partial charge in [0.05, 0.1) is 5.54 Å². The molecule has 1 fully saturated rings. The molecule has 2 aromatic carbocycles. The molecule has 0 aliphatic carbocycles. The van der Waals surface area contributed by atoms with Crippen LogP contribution in [0.4, 0.5) is 5.69 Å². The number of phenolic OH excluding ortho intramolecular Hbond substituents is 1. The number of aromatic hydroxyl groups is 1. The monoisotopic (exact) mass is 1030 g/mol. The molecule has 1 aromatic heterocycles. The Kier molecular flexibility index (Phi) is 21.2. The molecule has 1 aliphatic heterocycles. The van der Waals surface area contributed by atoms with Gasteiger partial charge in [0.1, 0.15) is 48.6 Å². The Morgan fingerprint density at radius 1 is 0.743 bits per heavy atom. The van der Waals surface area contributed by atoms with Crippen LogP contribution in [0.15, 0.2) is 73.5 Å². The number of rotatable bonds is 16. The lowest BCUT2D eigenvalue weighted by atomic mass is 9.98. The van der Waals surface area contributed by atoms with Crippen LogP contribution in [-0.4, -0.2) is 129 Å². The minimum absolute atomic E-state index is 0.0234. The van der Waals surface area contributed by atoms with E-state index in [1.807, 2.05) is 76.6 Å². The van der Waals surface area contributed by atoms with E-state index >= 15 is 4.79 Å². The molecule has 404 valence electrons. The third-order valence-corrected chi connectivity index (χ3v) is 13.4. The van der Waals surface area contributed by atoms with E-state index in [-0.39, 0.29) is 55.9 Å². The van der Waals surface area contributed by atoms with Crippen LogP contribution in [0.2, 0.25) is 0 Å². The zero-order valence-electron chi connectivity index (χ0n) is 44.6. The van der Waals surface area contributed by atoms with Gasteiger partial charge in [0.15, 0.2) is 5.75 Å². The SMILES string of the molecule is C=CC(C)(C)n1cc(C[C@@H]2NC(=O)[C@@H](CC=CC)NC(=O)[C@H](CC(C)C)NC(=O)[C@H](C[C@@H](C)C=O)N(C)C(=O)[C@@H](C)NC(=O)[C@@H](Cc3ccc(O)c([NH+]([O-])O)c3)NC(=O)[C@@H](CC(C)C)N(C)C2=O)c2ccccc21. The molecule has 20 nitrogen and oxygen atoms in total. The van der Waals surface area contributed by atoms with Crippen molar-refractivity contribution in [2.45, 2.75) is 149 Å². The van der Waals surface area contributed by atoms with Crippen molar-refractivity contribution < 1.29 is 53.9 Å². The number of carbonyl (C=O) groups is 8. The second-order valence-electron chi connectivity index (χ2n) is 20.8. The summed E-state index contributed by atoms with van der Waals surface area (Å²) in [6, 6.07) is 1.81. The standard InChI is InChI=1S/C54H77N9O11/c1-13-15-19-38-47(66)59-41(28-36-29-62(54(9,10)14-2)42-20-17-16-18-37(36)42)53(72)61(12)44(24-32(5)6)50(69)58-40(26-35-21-22-46(65)43(27-35)63(73)74)48(67)55-34(8)52(71)60(11)45(25-33(7)30-64)51(70)57-39(23-31(3)4)49(68)56-38/h13-18,20-22,27,29-34,38-41,44-45,63,65,73H,2,19,23-26,28H2,1,3-12H3,(H,55,67)(H,56,68)(H,57,70)(H,58,69)(H,59,66)/t33-,34-,38-,39+,40-,41+,44-,45+/m1/s1. The van der Waals surface area contributed by atoms with Crippen LogP contribution < -0.4 is 31.8 Å². The molecule has 0 saturated carbocycles. The van der Waals surface area contributed by atoms with Crippen molar-refractivity contribution in [1.82, 2.24) is 41.0 Å². The largest absolute Gasteiger partial charge is 0.595 e. The number of likely N-dealkylation sites (N-methyl/N-ethyl adjacent to an activating group) is 2. The Labute approximate surface area is 433 Å². The maximum Gasteiger partial charge on any atom is 0.245 e. The Bertz CT molecular complexity index is 2550. The first-order valence-electron chi connectivity index (χ1n) is 25.1. The fourth-order valence-electron chi connectivity index (χ4n) is 8.99. The Morgan fingerprint density at radius 3 is 1.89 bits per heavy atom. The second kappa shape index (κ2) is 26.4. The first-order valence-corrected chi connectivity index (χ1v) is 25.1. The van der Waals surface area contributed by atoms with E-state index in [0.29, 0.717) is 11.8 Å². The third kappa shape index (κ3) is 15.3. The van der Waals surface area contributed by atoms with Crippen LogP contribution in [0.25, 0.3) is 10.9 Å². The van der Waals surface area contributed by atoms with Gasteiger partial charge in [0.2, 0.25) is 47.0 Å². The van der Waals surface area contributed by atoms with Crippen molar-refractivity contribution in [1.29, 1.82) is 0 Å². The van der Waals surface area contributed by atoms with Crippen LogP contribution in [-0.2, 0) is 56.7 Å². The number of amides is 7. The Hall–Kier alpha value is -6.90. The molecule has 4 rings (SSSR count). The van der Waals surface area contributed by atoms with Crippen molar-refractivity contribution in [2.24, 2.45) is 17.8 Å². The number of quaternary nitrogens is 1. The summed E-state index contributed by atoms with van der Waals surface area (Å²) in [4.78, 5) is 117. The third-order valence-electron chi connectivity index (χ3n) is 13.4.